The second-order valence-corrected chi connectivity index (χ2v) is 43.7. The summed E-state index contributed by atoms with van der Waals surface area (Å²) in [5.74, 6) is -0.939. The van der Waals surface area contributed by atoms with E-state index in [0.29, 0.717) is 6.10 Å². The lowest BCUT2D eigenvalue weighted by atomic mass is 9.98. The van der Waals surface area contributed by atoms with Gasteiger partial charge in [-0.15, -0.1) is 0 Å². The van der Waals surface area contributed by atoms with Crippen molar-refractivity contribution in [2.45, 2.75) is 617 Å². The fourth-order valence-electron chi connectivity index (χ4n) is 19.6. The number of hydrogen-bond donors (Lipinski definition) is 0. The number of nitrogens with zero attached hydrogens (tertiary/aromatic N) is 3. The van der Waals surface area contributed by atoms with E-state index >= 15 is 0 Å². The van der Waals surface area contributed by atoms with Gasteiger partial charge in [-0.2, -0.15) is 0 Å². The summed E-state index contributed by atoms with van der Waals surface area (Å²) in [6.07, 6.45) is 164. The Bertz CT molecular complexity index is 2770. The van der Waals surface area contributed by atoms with Gasteiger partial charge >= 0.3 is 0 Å². The third-order valence-corrected chi connectivity index (χ3v) is 28.7. The van der Waals surface area contributed by atoms with E-state index in [2.05, 4.69) is 244 Å². The van der Waals surface area contributed by atoms with Gasteiger partial charge in [0.1, 0.15) is 0 Å². The van der Waals surface area contributed by atoms with Crippen molar-refractivity contribution < 1.29 is 28.4 Å². The quantitative estimate of drug-likeness (QED) is 0.0438. The first-order valence-electron chi connectivity index (χ1n) is 62.0. The first-order valence-corrected chi connectivity index (χ1v) is 62.0. The van der Waals surface area contributed by atoms with Crippen LogP contribution in [0.15, 0.2) is 146 Å². The van der Waals surface area contributed by atoms with Crippen LogP contribution in [-0.2, 0) is 28.4 Å². The Morgan fingerprint density at radius 2 is 0.333 bits per heavy atom. The van der Waals surface area contributed by atoms with Crippen molar-refractivity contribution in [1.29, 1.82) is 0 Å². The Hall–Kier alpha value is -3.48. The molecule has 3 rings (SSSR count). The molecule has 0 N–H and O–H groups in total. The molecule has 0 aromatic heterocycles. The Labute approximate surface area is 881 Å². The number of hydrogen-bond acceptors (Lipinski definition) is 9. The third-order valence-electron chi connectivity index (χ3n) is 28.7. The van der Waals surface area contributed by atoms with Crippen molar-refractivity contribution in [3.63, 3.8) is 0 Å². The van der Waals surface area contributed by atoms with E-state index in [0.717, 1.165) is 129 Å². The molecule has 3 saturated heterocycles. The molecule has 0 aromatic carbocycles. The maximum absolute atomic E-state index is 6.74. The molecule has 0 spiro atoms. The minimum Gasteiger partial charge on any atom is -0.347 e. The summed E-state index contributed by atoms with van der Waals surface area (Å²) in [6.45, 7) is 19.3. The Balaban J connectivity index is 0.00000106. The zero-order valence-corrected chi connectivity index (χ0v) is 96.5. The Morgan fingerprint density at radius 3 is 0.525 bits per heavy atom. The molecule has 3 unspecified atom stereocenters. The predicted molar refractivity (Wildman–Crippen MR) is 628 cm³/mol. The summed E-state index contributed by atoms with van der Waals surface area (Å²) in [5.41, 5.74) is 0. The Morgan fingerprint density at radius 1 is 0.170 bits per heavy atom. The van der Waals surface area contributed by atoms with Crippen LogP contribution in [-0.4, -0.2) is 132 Å². The second kappa shape index (κ2) is 108. The van der Waals surface area contributed by atoms with Crippen molar-refractivity contribution in [3.05, 3.63) is 146 Å². The van der Waals surface area contributed by atoms with Gasteiger partial charge in [-0.3, -0.25) is 0 Å². The largest absolute Gasteiger partial charge is 0.347 e. The highest BCUT2D eigenvalue weighted by atomic mass is 16.8. The average molecular weight is 1970 g/mol. The van der Waals surface area contributed by atoms with Crippen molar-refractivity contribution in [1.82, 2.24) is 14.7 Å². The van der Waals surface area contributed by atoms with Crippen LogP contribution >= 0.6 is 0 Å². The fraction of sp³-hybridized carbons (Fsp3) is 0.818. The van der Waals surface area contributed by atoms with Crippen molar-refractivity contribution in [3.8, 4) is 0 Å². The van der Waals surface area contributed by atoms with E-state index in [1.807, 2.05) is 0 Å². The molecule has 0 saturated carbocycles. The molecular weight excluding hydrogens is 1720 g/mol. The molecule has 0 radical (unpaired) electrons. The normalized spacial score (nSPS) is 16.8. The van der Waals surface area contributed by atoms with E-state index in [1.165, 1.54) is 450 Å². The van der Waals surface area contributed by atoms with Gasteiger partial charge in [0.05, 0.1) is 38.1 Å². The SMILES string of the molecule is CCCCC/C=C\C/C=C\CCCCCCCCC1(CCCCCCCC/C=C\C/C=C\CCCCC)OCC(CCCCN(C)C)O1.CCCCC/C=C\C/C=C\CCCCCCCCC1(CCCCCCCC/C=C\C/C=C\CCCCC)OCC(CCCN(C)C)O1.CCCCC/C=C\C/C=C\CCCCCCCCC1(CCCCCCCC/C=C\C/C=C\CCCCC)OCC(CCN(C)C)O1. The number of rotatable bonds is 102. The lowest BCUT2D eigenvalue weighted by Crippen LogP contribution is -2.31. The first kappa shape index (κ1) is 136. The summed E-state index contributed by atoms with van der Waals surface area (Å²) in [7, 11) is 13.0. The summed E-state index contributed by atoms with van der Waals surface area (Å²) in [4.78, 5) is 6.82. The maximum atomic E-state index is 6.74. The van der Waals surface area contributed by atoms with Gasteiger partial charge in [-0.05, 0) is 325 Å². The van der Waals surface area contributed by atoms with Crippen molar-refractivity contribution in [2.24, 2.45) is 0 Å². The maximum Gasteiger partial charge on any atom is 0.168 e. The zero-order chi connectivity index (χ0) is 102. The first-order chi connectivity index (χ1) is 69.3. The van der Waals surface area contributed by atoms with E-state index < -0.39 is 0 Å². The van der Waals surface area contributed by atoms with E-state index in [1.54, 1.807) is 0 Å². The molecule has 3 aliphatic rings. The minimum absolute atomic E-state index is 0.261. The van der Waals surface area contributed by atoms with Crippen LogP contribution in [0.5, 0.6) is 0 Å². The molecule has 141 heavy (non-hydrogen) atoms. The van der Waals surface area contributed by atoms with Gasteiger partial charge in [0.15, 0.2) is 17.4 Å². The van der Waals surface area contributed by atoms with Gasteiger partial charge in [0.2, 0.25) is 0 Å². The molecule has 9 heteroatoms. The molecule has 3 aliphatic heterocycles. The van der Waals surface area contributed by atoms with Crippen LogP contribution in [0.25, 0.3) is 0 Å². The van der Waals surface area contributed by atoms with Gasteiger partial charge in [-0.1, -0.05) is 419 Å². The lowest BCUT2D eigenvalue weighted by molar-refractivity contribution is -0.180. The van der Waals surface area contributed by atoms with Crippen LogP contribution < -0.4 is 0 Å². The monoisotopic (exact) mass is 1970 g/mol. The number of ether oxygens (including phenoxy) is 6. The summed E-state index contributed by atoms with van der Waals surface area (Å²) in [6, 6.07) is 0. The molecular formula is C132H243N3O6. The third kappa shape index (κ3) is 94.7. The van der Waals surface area contributed by atoms with Crippen LogP contribution in [0.1, 0.15) is 581 Å². The number of allylic oxidation sites excluding steroid dienone is 24. The van der Waals surface area contributed by atoms with E-state index in [4.69, 9.17) is 28.4 Å². The Kier molecular flexibility index (Phi) is 104. The van der Waals surface area contributed by atoms with Gasteiger partial charge in [0, 0.05) is 45.1 Å². The highest BCUT2D eigenvalue weighted by Crippen LogP contribution is 2.40. The zero-order valence-electron chi connectivity index (χ0n) is 96.5. The van der Waals surface area contributed by atoms with Crippen molar-refractivity contribution >= 4 is 0 Å². The number of unbranched alkanes of at least 4 members (excludes halogenated alkanes) is 55. The van der Waals surface area contributed by atoms with Crippen LogP contribution in [0, 0.1) is 0 Å². The van der Waals surface area contributed by atoms with Gasteiger partial charge in [-0.25, -0.2) is 0 Å². The standard InChI is InChI=1S/C45H83NO2.C44H81NO2.C43H79NO2/c1-5-7-9-11-13-15-17-19-21-23-25-27-29-31-33-36-40-45(47-43-44(48-45)39-35-38-42-46(3)4)41-37-34-32-30-28-26-24-22-20-18-16-14-12-10-8-6-2;1-5-7-9-11-13-15-17-19-21-23-25-27-29-31-33-35-39-44(46-42-43(47-44)38-37-41-45(3)4)40-36-34-32-30-28-26-24-22-20-18-16-14-12-10-8-6-2;1-5-7-9-11-13-15-17-19-21-23-25-27-29-31-33-35-38-43(45-41-42(46-43)37-40-44(3)4)39-36-34-32-30-28-26-24-22-20-18-16-14-12-10-8-6-2/h13-16,19-22,44H,5-12,17-18,23-43H2,1-4H3;13-16,19-22,43H,5-12,17-18,23-42H2,1-4H3;13-16,19-22,42H,5-12,17-18,23-41H2,1-4H3/b3*15-13-,16-14-,21-19-,22-20-. The highest BCUT2D eigenvalue weighted by molar-refractivity contribution is 4.98. The minimum atomic E-state index is -0.318. The van der Waals surface area contributed by atoms with Crippen molar-refractivity contribution in [2.75, 3.05) is 81.7 Å². The molecule has 0 aromatic rings. The van der Waals surface area contributed by atoms with Crippen LogP contribution in [0.3, 0.4) is 0 Å². The fourth-order valence-corrected chi connectivity index (χ4v) is 19.6. The molecule has 0 amide bonds. The molecule has 822 valence electrons. The molecule has 9 nitrogen and oxygen atoms in total. The summed E-state index contributed by atoms with van der Waals surface area (Å²) in [5, 5.41) is 0. The molecule has 3 atom stereocenters. The van der Waals surface area contributed by atoms with Gasteiger partial charge in [0.25, 0.3) is 0 Å². The van der Waals surface area contributed by atoms with Crippen LogP contribution in [0.2, 0.25) is 0 Å². The average Bonchev–Trinajstić information content (AvgIpc) is 1.70. The smallest absolute Gasteiger partial charge is 0.168 e. The molecule has 0 aliphatic carbocycles. The predicted octanol–water partition coefficient (Wildman–Crippen LogP) is 41.5. The highest BCUT2D eigenvalue weighted by Gasteiger charge is 2.43. The second-order valence-electron chi connectivity index (χ2n) is 43.7. The van der Waals surface area contributed by atoms with Crippen LogP contribution in [0.4, 0.5) is 0 Å². The molecule has 3 fully saturated rings. The van der Waals surface area contributed by atoms with Gasteiger partial charge < -0.3 is 43.1 Å². The summed E-state index contributed by atoms with van der Waals surface area (Å²) >= 11 is 0. The van der Waals surface area contributed by atoms with E-state index in [9.17, 15) is 0 Å². The summed E-state index contributed by atoms with van der Waals surface area (Å²) < 4.78 is 39.6. The molecule has 0 bridgehead atoms. The van der Waals surface area contributed by atoms with E-state index in [-0.39, 0.29) is 29.6 Å². The topological polar surface area (TPSA) is 65.1 Å². The lowest BCUT2D eigenvalue weighted by Gasteiger charge is -2.29. The molecule has 3 heterocycles.